The van der Waals surface area contributed by atoms with Crippen LogP contribution in [0.5, 0.6) is 0 Å². The van der Waals surface area contributed by atoms with Gasteiger partial charge in [0.05, 0.1) is 5.69 Å². The zero-order valence-corrected chi connectivity index (χ0v) is 27.1. The van der Waals surface area contributed by atoms with Crippen molar-refractivity contribution in [1.29, 1.82) is 0 Å². The maximum absolute atomic E-state index is 4.82. The fourth-order valence-electron chi connectivity index (χ4n) is 6.29. The van der Waals surface area contributed by atoms with Gasteiger partial charge in [-0.05, 0) is 108 Å². The van der Waals surface area contributed by atoms with Crippen molar-refractivity contribution in [2.24, 2.45) is 0 Å². The van der Waals surface area contributed by atoms with Crippen LogP contribution in [0.2, 0.25) is 0 Å². The predicted octanol–water partition coefficient (Wildman–Crippen LogP) is 12.5. The molecule has 1 aromatic heterocycles. The number of aromatic nitrogens is 1. The number of nitrogens with zero attached hydrogens (tertiary/aromatic N) is 1. The summed E-state index contributed by atoms with van der Waals surface area (Å²) in [6.45, 7) is 14.7. The maximum atomic E-state index is 4.82. The van der Waals surface area contributed by atoms with Crippen molar-refractivity contribution in [3.8, 4) is 11.3 Å². The minimum absolute atomic E-state index is 0.217. The molecule has 0 saturated heterocycles. The molecule has 1 unspecified atom stereocenters. The van der Waals surface area contributed by atoms with E-state index in [0.29, 0.717) is 0 Å². The molecule has 0 aliphatic heterocycles. The Balaban J connectivity index is 1.51. The molecule has 1 heterocycles. The summed E-state index contributed by atoms with van der Waals surface area (Å²) in [5.41, 5.74) is 12.3. The van der Waals surface area contributed by atoms with Crippen molar-refractivity contribution in [3.63, 3.8) is 0 Å². The highest BCUT2D eigenvalue weighted by Crippen LogP contribution is 2.38. The fourth-order valence-corrected chi connectivity index (χ4v) is 6.29. The number of fused-ring (bicyclic) bond motifs is 1. The fraction of sp³-hybridized carbons (Fsp3) is 0.205. The van der Waals surface area contributed by atoms with Crippen LogP contribution in [-0.4, -0.2) is 4.98 Å². The van der Waals surface area contributed by atoms with Gasteiger partial charge in [-0.2, -0.15) is 0 Å². The van der Waals surface area contributed by atoms with Crippen LogP contribution in [0.1, 0.15) is 69.9 Å². The van der Waals surface area contributed by atoms with E-state index in [1.807, 2.05) is 18.3 Å². The molecule has 0 fully saturated rings. The molecule has 0 bridgehead atoms. The largest absolute Gasteiger partial charge is 0.256 e. The van der Waals surface area contributed by atoms with Crippen LogP contribution < -0.4 is 0 Å². The third-order valence-electron chi connectivity index (χ3n) is 8.88. The molecule has 2 aliphatic carbocycles. The number of pyridine rings is 1. The topological polar surface area (TPSA) is 12.9 Å². The maximum Gasteiger partial charge on any atom is 0.0702 e. The molecular weight excluding hydrogens is 542 g/mol. The molecule has 0 amide bonds. The van der Waals surface area contributed by atoms with E-state index in [0.717, 1.165) is 36.9 Å². The van der Waals surface area contributed by atoms with E-state index < -0.39 is 0 Å². The zero-order valence-electron chi connectivity index (χ0n) is 27.1. The Bertz CT molecular complexity index is 1810. The first-order chi connectivity index (χ1) is 22.0. The van der Waals surface area contributed by atoms with Crippen molar-refractivity contribution < 1.29 is 0 Å². The highest BCUT2D eigenvalue weighted by Gasteiger charge is 2.19. The van der Waals surface area contributed by atoms with Crippen LogP contribution >= 0.6 is 0 Å². The van der Waals surface area contributed by atoms with Crippen molar-refractivity contribution in [2.75, 3.05) is 0 Å². The van der Waals surface area contributed by atoms with Crippen molar-refractivity contribution in [1.82, 2.24) is 4.98 Å². The molecule has 2 aliphatic rings. The standard InChI is InChI=1S/C44H45N/c1-6-9-22-42(44(35(16-7-2)17-8-3)36-20-14-11-15-21-36)33(5)32(4)37-23-24-39-30-40(26-25-38(39)29-37)43-28-27-41(31-45-43)34-18-12-10-13-19-34/h6-9,12,14,16-20,22-32H,1-2,10-11,13,15,21H2,3-5H3/b17-8-,22-9-,35-16+,42-33-,44-36+. The van der Waals surface area contributed by atoms with Crippen molar-refractivity contribution in [3.05, 3.63) is 180 Å². The van der Waals surface area contributed by atoms with Gasteiger partial charge in [0, 0.05) is 17.7 Å². The smallest absolute Gasteiger partial charge is 0.0702 e. The SMILES string of the molecule is C=C\C=C/C(C(=C1\C=CCCC1)/C(/C=C\C)=C/C=C)=C(\C)C(C)c1ccc2cc(-c3ccc(C4=CCCC=C4)cn3)ccc2c1. The van der Waals surface area contributed by atoms with Gasteiger partial charge in [0.15, 0.2) is 0 Å². The Morgan fingerprint density at radius 3 is 2.36 bits per heavy atom. The van der Waals surface area contributed by atoms with Gasteiger partial charge < -0.3 is 0 Å². The van der Waals surface area contributed by atoms with Crippen molar-refractivity contribution in [2.45, 2.75) is 58.8 Å². The van der Waals surface area contributed by atoms with Crippen LogP contribution in [0, 0.1) is 0 Å². The summed E-state index contributed by atoms with van der Waals surface area (Å²) in [4.78, 5) is 4.82. The molecule has 1 nitrogen and oxygen atoms in total. The third kappa shape index (κ3) is 7.49. The lowest BCUT2D eigenvalue weighted by molar-refractivity contribution is 0.813. The van der Waals surface area contributed by atoms with E-state index in [-0.39, 0.29) is 5.92 Å². The summed E-state index contributed by atoms with van der Waals surface area (Å²) < 4.78 is 0. The first-order valence-electron chi connectivity index (χ1n) is 16.3. The average molecular weight is 588 g/mol. The van der Waals surface area contributed by atoms with Gasteiger partial charge in [-0.15, -0.1) is 0 Å². The van der Waals surface area contributed by atoms with Crippen LogP contribution in [0.15, 0.2) is 169 Å². The number of benzene rings is 2. The Morgan fingerprint density at radius 1 is 0.867 bits per heavy atom. The van der Waals surface area contributed by atoms with E-state index in [4.69, 9.17) is 4.98 Å². The lowest BCUT2D eigenvalue weighted by atomic mass is 9.81. The van der Waals surface area contributed by atoms with Gasteiger partial charge in [-0.25, -0.2) is 0 Å². The van der Waals surface area contributed by atoms with E-state index >= 15 is 0 Å². The van der Waals surface area contributed by atoms with E-state index in [9.17, 15) is 0 Å². The van der Waals surface area contributed by atoms with Gasteiger partial charge >= 0.3 is 0 Å². The van der Waals surface area contributed by atoms with Crippen LogP contribution in [0.4, 0.5) is 0 Å². The quantitative estimate of drug-likeness (QED) is 0.215. The number of hydrogen-bond acceptors (Lipinski definition) is 1. The molecule has 45 heavy (non-hydrogen) atoms. The second-order valence-electron chi connectivity index (χ2n) is 11.9. The molecule has 0 saturated carbocycles. The monoisotopic (exact) mass is 587 g/mol. The Morgan fingerprint density at radius 2 is 1.67 bits per heavy atom. The lowest BCUT2D eigenvalue weighted by Crippen LogP contribution is -2.05. The van der Waals surface area contributed by atoms with Gasteiger partial charge in [0.1, 0.15) is 0 Å². The molecule has 226 valence electrons. The van der Waals surface area contributed by atoms with Crippen LogP contribution in [0.3, 0.4) is 0 Å². The second kappa shape index (κ2) is 15.3. The van der Waals surface area contributed by atoms with Crippen molar-refractivity contribution >= 4 is 16.3 Å². The molecule has 0 spiro atoms. The van der Waals surface area contributed by atoms with Gasteiger partial charge in [0.25, 0.3) is 0 Å². The van der Waals surface area contributed by atoms with Crippen LogP contribution in [0.25, 0.3) is 27.6 Å². The number of allylic oxidation sites excluding steroid dienone is 18. The minimum Gasteiger partial charge on any atom is -0.256 e. The number of hydrogen-bond donors (Lipinski definition) is 0. The minimum atomic E-state index is 0.217. The highest BCUT2D eigenvalue weighted by atomic mass is 14.7. The van der Waals surface area contributed by atoms with Gasteiger partial charge in [-0.1, -0.05) is 135 Å². The summed E-state index contributed by atoms with van der Waals surface area (Å²) in [7, 11) is 0. The molecule has 1 heteroatoms. The second-order valence-corrected chi connectivity index (χ2v) is 11.9. The summed E-state index contributed by atoms with van der Waals surface area (Å²) >= 11 is 0. The number of rotatable bonds is 10. The van der Waals surface area contributed by atoms with Crippen LogP contribution in [-0.2, 0) is 0 Å². The average Bonchev–Trinajstić information content (AvgIpc) is 3.10. The van der Waals surface area contributed by atoms with E-state index in [1.54, 1.807) is 0 Å². The molecule has 0 radical (unpaired) electrons. The summed E-state index contributed by atoms with van der Waals surface area (Å²) in [5, 5.41) is 2.46. The van der Waals surface area contributed by atoms with E-state index in [2.05, 4.69) is 143 Å². The highest BCUT2D eigenvalue weighted by molar-refractivity contribution is 5.88. The third-order valence-corrected chi connectivity index (χ3v) is 8.88. The van der Waals surface area contributed by atoms with E-state index in [1.165, 1.54) is 61.8 Å². The van der Waals surface area contributed by atoms with Gasteiger partial charge in [-0.3, -0.25) is 4.98 Å². The molecule has 5 rings (SSSR count). The molecular formula is C44H45N. The molecule has 1 atom stereocenters. The normalized spacial score (nSPS) is 17.8. The molecule has 0 N–H and O–H groups in total. The molecule has 2 aromatic carbocycles. The predicted molar refractivity (Wildman–Crippen MR) is 197 cm³/mol. The van der Waals surface area contributed by atoms with Gasteiger partial charge in [0.2, 0.25) is 0 Å². The Kier molecular flexibility index (Phi) is 10.8. The first kappa shape index (κ1) is 31.7. The summed E-state index contributed by atoms with van der Waals surface area (Å²) in [6, 6.07) is 17.9. The Labute approximate surface area is 270 Å². The zero-order chi connectivity index (χ0) is 31.6. The lowest BCUT2D eigenvalue weighted by Gasteiger charge is -2.23. The Hall–Kier alpha value is -4.75. The summed E-state index contributed by atoms with van der Waals surface area (Å²) in [5.74, 6) is 0.217. The first-order valence-corrected chi connectivity index (χ1v) is 16.3. The summed E-state index contributed by atoms with van der Waals surface area (Å²) in [6.07, 6.45) is 33.4. The molecule has 3 aromatic rings.